The molecule has 3 heterocycles. The van der Waals surface area contributed by atoms with Crippen molar-refractivity contribution in [3.05, 3.63) is 89.3 Å². The highest BCUT2D eigenvalue weighted by Crippen LogP contribution is 2.33. The molecule has 0 bridgehead atoms. The summed E-state index contributed by atoms with van der Waals surface area (Å²) in [6.45, 7) is -0.776. The van der Waals surface area contributed by atoms with Crippen LogP contribution >= 0.6 is 11.6 Å². The maximum absolute atomic E-state index is 13.0. The van der Waals surface area contributed by atoms with E-state index in [0.717, 1.165) is 15.9 Å². The van der Waals surface area contributed by atoms with Crippen LogP contribution in [0.1, 0.15) is 23.8 Å². The van der Waals surface area contributed by atoms with Crippen molar-refractivity contribution >= 4 is 29.2 Å². The van der Waals surface area contributed by atoms with E-state index in [1.165, 1.54) is 11.3 Å². The number of hydrazone groups is 1. The number of carbonyl (C=O) groups excluding carboxylic acids is 2. The topological polar surface area (TPSA) is 116 Å². The van der Waals surface area contributed by atoms with Gasteiger partial charge in [0.1, 0.15) is 11.8 Å². The number of carbonyl (C=O) groups is 2. The third kappa shape index (κ3) is 5.12. The second-order valence-corrected chi connectivity index (χ2v) is 8.13. The van der Waals surface area contributed by atoms with Crippen molar-refractivity contribution in [3.63, 3.8) is 0 Å². The Labute approximate surface area is 204 Å². The fourth-order valence-electron chi connectivity index (χ4n) is 3.64. The fourth-order valence-corrected chi connectivity index (χ4v) is 3.77. The highest BCUT2D eigenvalue weighted by atomic mass is 35.5. The van der Waals surface area contributed by atoms with Gasteiger partial charge in [0.2, 0.25) is 5.82 Å². The van der Waals surface area contributed by atoms with Crippen molar-refractivity contribution in [2.75, 3.05) is 6.61 Å². The Morgan fingerprint density at radius 3 is 2.57 bits per heavy atom. The minimum absolute atomic E-state index is 0.284. The van der Waals surface area contributed by atoms with Gasteiger partial charge in [0.25, 0.3) is 5.91 Å². The summed E-state index contributed by atoms with van der Waals surface area (Å²) in [5.74, 6) is -0.194. The zero-order chi connectivity index (χ0) is 24.2. The third-order valence-corrected chi connectivity index (χ3v) is 5.58. The number of rotatable bonds is 7. The highest BCUT2D eigenvalue weighted by molar-refractivity contribution is 6.30. The number of halogens is 1. The molecule has 1 atom stereocenters. The summed E-state index contributed by atoms with van der Waals surface area (Å²) in [5, 5.41) is 18.4. The Balaban J connectivity index is 1.24. The molecule has 35 heavy (non-hydrogen) atoms. The van der Waals surface area contributed by atoms with Crippen LogP contribution in [-0.2, 0) is 20.9 Å². The molecule has 0 radical (unpaired) electrons. The molecule has 1 amide bonds. The van der Waals surface area contributed by atoms with Crippen LogP contribution in [0.25, 0.3) is 11.4 Å². The average Bonchev–Trinajstić information content (AvgIpc) is 3.64. The lowest BCUT2D eigenvalue weighted by atomic mass is 10.0. The molecule has 0 N–H and O–H groups in total. The maximum atomic E-state index is 13.0. The molecule has 176 valence electrons. The minimum Gasteiger partial charge on any atom is -0.467 e. The molecular formula is C24H19ClN6O4. The Morgan fingerprint density at radius 1 is 1.03 bits per heavy atom. The van der Waals surface area contributed by atoms with Gasteiger partial charge < -0.3 is 9.15 Å². The molecule has 0 spiro atoms. The van der Waals surface area contributed by atoms with Crippen LogP contribution in [-0.4, -0.2) is 49.4 Å². The molecule has 0 fully saturated rings. The number of esters is 1. The summed E-state index contributed by atoms with van der Waals surface area (Å²) in [6, 6.07) is 19.5. The largest absolute Gasteiger partial charge is 0.467 e. The minimum atomic E-state index is -0.675. The molecule has 11 heteroatoms. The van der Waals surface area contributed by atoms with Crippen LogP contribution in [0.5, 0.6) is 0 Å². The van der Waals surface area contributed by atoms with E-state index in [2.05, 4.69) is 20.5 Å². The van der Waals surface area contributed by atoms with Gasteiger partial charge >= 0.3 is 5.97 Å². The van der Waals surface area contributed by atoms with E-state index in [9.17, 15) is 9.59 Å². The lowest BCUT2D eigenvalue weighted by Gasteiger charge is -2.19. The monoisotopic (exact) mass is 490 g/mol. The maximum Gasteiger partial charge on any atom is 0.330 e. The van der Waals surface area contributed by atoms with Crippen LogP contribution in [0, 0.1) is 0 Å². The molecule has 0 unspecified atom stereocenters. The van der Waals surface area contributed by atoms with Crippen molar-refractivity contribution in [3.8, 4) is 11.4 Å². The van der Waals surface area contributed by atoms with Crippen LogP contribution in [0.2, 0.25) is 5.02 Å². The van der Waals surface area contributed by atoms with E-state index in [-0.39, 0.29) is 6.54 Å². The average molecular weight is 491 g/mol. The van der Waals surface area contributed by atoms with Gasteiger partial charge in [-0.25, -0.2) is 9.80 Å². The second-order valence-electron chi connectivity index (χ2n) is 7.70. The molecule has 10 nitrogen and oxygen atoms in total. The van der Waals surface area contributed by atoms with Gasteiger partial charge in [-0.15, -0.1) is 10.2 Å². The van der Waals surface area contributed by atoms with Gasteiger partial charge in [-0.3, -0.25) is 4.79 Å². The Morgan fingerprint density at radius 2 is 1.83 bits per heavy atom. The van der Waals surface area contributed by atoms with Crippen molar-refractivity contribution in [2.24, 2.45) is 5.10 Å². The first-order valence-electron chi connectivity index (χ1n) is 10.7. The first kappa shape index (κ1) is 22.5. The smallest absolute Gasteiger partial charge is 0.330 e. The predicted octanol–water partition coefficient (Wildman–Crippen LogP) is 3.51. The molecule has 2 aromatic heterocycles. The molecular weight excluding hydrogens is 472 g/mol. The lowest BCUT2D eigenvalue weighted by Crippen LogP contribution is -2.31. The number of furan rings is 1. The summed E-state index contributed by atoms with van der Waals surface area (Å²) in [6.07, 6.45) is 1.98. The number of aromatic nitrogens is 4. The van der Waals surface area contributed by atoms with E-state index >= 15 is 0 Å². The summed E-state index contributed by atoms with van der Waals surface area (Å²) in [5.41, 5.74) is 2.31. The number of ether oxygens (including phenoxy) is 1. The molecule has 0 saturated heterocycles. The van der Waals surface area contributed by atoms with Crippen LogP contribution in [0.15, 0.2) is 82.5 Å². The number of nitrogens with zero attached hydrogens (tertiary/aromatic N) is 6. The number of tetrazole rings is 1. The summed E-state index contributed by atoms with van der Waals surface area (Å²) >= 11 is 5.99. The summed E-state index contributed by atoms with van der Waals surface area (Å²) < 4.78 is 10.7. The van der Waals surface area contributed by atoms with Crippen molar-refractivity contribution in [1.29, 1.82) is 0 Å². The van der Waals surface area contributed by atoms with Crippen LogP contribution < -0.4 is 0 Å². The van der Waals surface area contributed by atoms with Crippen LogP contribution in [0.4, 0.5) is 0 Å². The molecule has 0 saturated carbocycles. The second kappa shape index (κ2) is 9.90. The van der Waals surface area contributed by atoms with E-state index in [1.807, 2.05) is 42.5 Å². The normalized spacial score (nSPS) is 15.2. The number of hydrogen-bond acceptors (Lipinski definition) is 8. The SMILES string of the molecule is O=C(Cn1nnc(-c2ccccc2)n1)OCC(=O)N1N=C(c2ccc(Cl)cc2)C[C@@H]1c1ccco1. The highest BCUT2D eigenvalue weighted by Gasteiger charge is 2.35. The standard InChI is InChI=1S/C24H19ClN6O4/c25-18-10-8-16(9-11-18)19-13-20(21-7-4-12-34-21)31(27-19)22(32)15-35-23(33)14-30-28-24(26-29-30)17-5-2-1-3-6-17/h1-12,20H,13-15H2/t20-/m1/s1. The predicted molar refractivity (Wildman–Crippen MR) is 125 cm³/mol. The van der Waals surface area contributed by atoms with Gasteiger partial charge in [-0.05, 0) is 35.0 Å². The van der Waals surface area contributed by atoms with E-state index in [1.54, 1.807) is 24.3 Å². The zero-order valence-electron chi connectivity index (χ0n) is 18.3. The van der Waals surface area contributed by atoms with Crippen molar-refractivity contribution in [2.45, 2.75) is 19.0 Å². The van der Waals surface area contributed by atoms with Gasteiger partial charge in [-0.1, -0.05) is 54.1 Å². The fraction of sp³-hybridized carbons (Fsp3) is 0.167. The first-order valence-corrected chi connectivity index (χ1v) is 11.1. The molecule has 1 aliphatic heterocycles. The number of amides is 1. The first-order chi connectivity index (χ1) is 17.1. The van der Waals surface area contributed by atoms with Gasteiger partial charge in [0.05, 0.1) is 12.0 Å². The third-order valence-electron chi connectivity index (χ3n) is 5.33. The van der Waals surface area contributed by atoms with Gasteiger partial charge in [-0.2, -0.15) is 9.90 Å². The number of benzene rings is 2. The Bertz CT molecular complexity index is 1350. The molecule has 2 aromatic carbocycles. The molecule has 1 aliphatic rings. The molecule has 0 aliphatic carbocycles. The Kier molecular flexibility index (Phi) is 6.36. The van der Waals surface area contributed by atoms with Crippen molar-refractivity contribution < 1.29 is 18.7 Å². The molecule has 4 aromatic rings. The van der Waals surface area contributed by atoms with Gasteiger partial charge in [0, 0.05) is 17.0 Å². The number of hydrogen-bond donors (Lipinski definition) is 0. The van der Waals surface area contributed by atoms with Crippen LogP contribution in [0.3, 0.4) is 0 Å². The Hall–Kier alpha value is -4.31. The van der Waals surface area contributed by atoms with E-state index in [4.69, 9.17) is 20.8 Å². The van der Waals surface area contributed by atoms with Gasteiger partial charge in [0.15, 0.2) is 13.2 Å². The van der Waals surface area contributed by atoms with E-state index < -0.39 is 24.5 Å². The quantitative estimate of drug-likeness (QED) is 0.364. The van der Waals surface area contributed by atoms with Crippen molar-refractivity contribution in [1.82, 2.24) is 25.2 Å². The summed E-state index contributed by atoms with van der Waals surface area (Å²) in [4.78, 5) is 26.4. The molecule has 5 rings (SSSR count). The zero-order valence-corrected chi connectivity index (χ0v) is 19.1. The summed E-state index contributed by atoms with van der Waals surface area (Å²) in [7, 11) is 0. The lowest BCUT2D eigenvalue weighted by molar-refractivity contribution is -0.153. The van der Waals surface area contributed by atoms with E-state index in [0.29, 0.717) is 28.7 Å².